The van der Waals surface area contributed by atoms with Crippen molar-refractivity contribution in [2.45, 2.75) is 11.4 Å². The topological polar surface area (TPSA) is 185 Å². The number of aromatic nitrogens is 1. The lowest BCUT2D eigenvalue weighted by Crippen LogP contribution is -2.71. The van der Waals surface area contributed by atoms with Gasteiger partial charge in [-0.05, 0) is 0 Å². The first-order chi connectivity index (χ1) is 13.7. The van der Waals surface area contributed by atoms with Crippen molar-refractivity contribution in [1.82, 2.24) is 15.2 Å². The second-order valence-electron chi connectivity index (χ2n) is 5.64. The number of rotatable bonds is 7. The van der Waals surface area contributed by atoms with Crippen molar-refractivity contribution in [3.05, 3.63) is 21.7 Å². The Bertz CT molecular complexity index is 959. The van der Waals surface area contributed by atoms with E-state index in [9.17, 15) is 24.3 Å². The first-order valence-electron chi connectivity index (χ1n) is 7.74. The SMILES string of the molecule is Nc1nc(/C(=N\OCC(=O)O)C(=O)N[C@@H]2C(=O)N3C(C(=O)O)=C(S)CS[C@H]23)cs1. The molecule has 0 aliphatic carbocycles. The van der Waals surface area contributed by atoms with E-state index in [1.54, 1.807) is 0 Å². The fourth-order valence-electron chi connectivity index (χ4n) is 2.57. The fourth-order valence-corrected chi connectivity index (χ4v) is 4.74. The maximum absolute atomic E-state index is 12.7. The fraction of sp³-hybridized carbons (Fsp3) is 0.286. The molecule has 2 aliphatic rings. The van der Waals surface area contributed by atoms with Crippen LogP contribution in [0.3, 0.4) is 0 Å². The molecule has 15 heteroatoms. The zero-order valence-electron chi connectivity index (χ0n) is 14.3. The third kappa shape index (κ3) is 4.15. The number of nitrogens with two attached hydrogens (primary N) is 1. The van der Waals surface area contributed by atoms with Gasteiger partial charge < -0.3 is 26.1 Å². The largest absolute Gasteiger partial charge is 0.479 e. The number of aliphatic carboxylic acids is 2. The molecule has 3 rings (SSSR count). The van der Waals surface area contributed by atoms with Gasteiger partial charge in [0.15, 0.2) is 10.8 Å². The molecule has 1 saturated heterocycles. The Balaban J connectivity index is 1.78. The predicted octanol–water partition coefficient (Wildman–Crippen LogP) is -0.843. The second kappa shape index (κ2) is 8.30. The Labute approximate surface area is 176 Å². The summed E-state index contributed by atoms with van der Waals surface area (Å²) < 4.78 is 0. The van der Waals surface area contributed by atoms with E-state index in [2.05, 4.69) is 32.9 Å². The molecular formula is C14H13N5O7S3. The van der Waals surface area contributed by atoms with Crippen molar-refractivity contribution in [2.75, 3.05) is 18.1 Å². The first kappa shape index (κ1) is 20.9. The van der Waals surface area contributed by atoms with E-state index >= 15 is 0 Å². The highest BCUT2D eigenvalue weighted by Gasteiger charge is 2.54. The number of hydrogen-bond donors (Lipinski definition) is 5. The molecular weight excluding hydrogens is 446 g/mol. The summed E-state index contributed by atoms with van der Waals surface area (Å²) in [6.45, 7) is -0.789. The smallest absolute Gasteiger partial charge is 0.353 e. The summed E-state index contributed by atoms with van der Waals surface area (Å²) in [6.07, 6.45) is 0. The lowest BCUT2D eigenvalue weighted by atomic mass is 10.0. The molecule has 0 saturated carbocycles. The number of carbonyl (C=O) groups excluding carboxylic acids is 2. The number of oxime groups is 1. The van der Waals surface area contributed by atoms with E-state index in [1.165, 1.54) is 17.1 Å². The second-order valence-corrected chi connectivity index (χ2v) is 8.17. The normalized spacial score (nSPS) is 21.3. The molecule has 0 aromatic carbocycles. The van der Waals surface area contributed by atoms with Crippen LogP contribution in [0.5, 0.6) is 0 Å². The Hall–Kier alpha value is -2.78. The minimum Gasteiger partial charge on any atom is -0.479 e. The van der Waals surface area contributed by atoms with E-state index in [-0.39, 0.29) is 32.9 Å². The number of carbonyl (C=O) groups is 4. The van der Waals surface area contributed by atoms with Gasteiger partial charge in [-0.1, -0.05) is 5.16 Å². The van der Waals surface area contributed by atoms with E-state index in [0.717, 1.165) is 16.2 Å². The highest BCUT2D eigenvalue weighted by Crippen LogP contribution is 2.41. The molecule has 0 radical (unpaired) electrons. The van der Waals surface area contributed by atoms with Crippen molar-refractivity contribution in [1.29, 1.82) is 0 Å². The molecule has 1 fully saturated rings. The van der Waals surface area contributed by atoms with Gasteiger partial charge in [0.05, 0.1) is 0 Å². The van der Waals surface area contributed by atoms with Gasteiger partial charge in [-0.2, -0.15) is 0 Å². The molecule has 2 atom stereocenters. The molecule has 1 aromatic heterocycles. The van der Waals surface area contributed by atoms with E-state index < -0.39 is 41.8 Å². The minimum absolute atomic E-state index is 0.0408. The standard InChI is InChI=1S/C14H13N5O7S3/c15-14-16-4(2-29-14)7(18-26-1-6(20)21)10(22)17-8-11(23)19-9(13(24)25)5(27)3-28-12(8)19/h2,8,12,27H,1,3H2,(H2,15,16)(H,17,22)(H,20,21)(H,24,25)/b18-7+/t8-,12-/m1/s1. The third-order valence-electron chi connectivity index (χ3n) is 3.76. The van der Waals surface area contributed by atoms with Gasteiger partial charge >= 0.3 is 11.9 Å². The molecule has 12 nitrogen and oxygen atoms in total. The molecule has 0 bridgehead atoms. The number of thiazole rings is 1. The van der Waals surface area contributed by atoms with Gasteiger partial charge in [-0.15, -0.1) is 35.7 Å². The zero-order chi connectivity index (χ0) is 21.3. The highest BCUT2D eigenvalue weighted by molar-refractivity contribution is 8.01. The summed E-state index contributed by atoms with van der Waals surface area (Å²) in [5.41, 5.74) is 5.00. The Morgan fingerprint density at radius 3 is 2.76 bits per heavy atom. The predicted molar refractivity (Wildman–Crippen MR) is 105 cm³/mol. The van der Waals surface area contributed by atoms with E-state index in [0.29, 0.717) is 0 Å². The van der Waals surface area contributed by atoms with Crippen LogP contribution >= 0.6 is 35.7 Å². The Morgan fingerprint density at radius 1 is 1.45 bits per heavy atom. The number of carboxylic acid groups (broad SMARTS) is 2. The van der Waals surface area contributed by atoms with Crippen LogP contribution in [0.25, 0.3) is 0 Å². The Morgan fingerprint density at radius 2 is 2.17 bits per heavy atom. The van der Waals surface area contributed by atoms with Crippen LogP contribution in [-0.2, 0) is 24.0 Å². The van der Waals surface area contributed by atoms with Crippen molar-refractivity contribution < 1.29 is 34.2 Å². The average Bonchev–Trinajstić information content (AvgIpc) is 3.08. The summed E-state index contributed by atoms with van der Waals surface area (Å²) in [5.74, 6) is -3.80. The monoisotopic (exact) mass is 459 g/mol. The molecule has 0 unspecified atom stereocenters. The number of anilines is 1. The van der Waals surface area contributed by atoms with Crippen molar-refractivity contribution >= 4 is 70.3 Å². The number of nitrogen functional groups attached to an aromatic ring is 1. The van der Waals surface area contributed by atoms with Gasteiger partial charge in [-0.25, -0.2) is 14.6 Å². The summed E-state index contributed by atoms with van der Waals surface area (Å²) in [4.78, 5) is 56.9. The van der Waals surface area contributed by atoms with Crippen molar-refractivity contribution in [3.8, 4) is 0 Å². The summed E-state index contributed by atoms with van der Waals surface area (Å²) >= 11 is 6.37. The van der Waals surface area contributed by atoms with Crippen LogP contribution in [0.1, 0.15) is 5.69 Å². The molecule has 5 N–H and O–H groups in total. The van der Waals surface area contributed by atoms with Gasteiger partial charge in [0.25, 0.3) is 11.8 Å². The zero-order valence-corrected chi connectivity index (χ0v) is 16.8. The number of hydrogen-bond acceptors (Lipinski definition) is 11. The van der Waals surface area contributed by atoms with Crippen LogP contribution in [0.2, 0.25) is 0 Å². The quantitative estimate of drug-likeness (QED) is 0.149. The van der Waals surface area contributed by atoms with Crippen molar-refractivity contribution in [2.24, 2.45) is 5.16 Å². The number of nitrogens with one attached hydrogen (secondary N) is 1. The summed E-state index contributed by atoms with van der Waals surface area (Å²) in [7, 11) is 0. The molecule has 2 aliphatic heterocycles. The van der Waals surface area contributed by atoms with E-state index in [4.69, 9.17) is 10.8 Å². The molecule has 1 aromatic rings. The van der Waals surface area contributed by atoms with Gasteiger partial charge in [0.1, 0.15) is 22.8 Å². The van der Waals surface area contributed by atoms with Gasteiger partial charge in [0.2, 0.25) is 6.61 Å². The average molecular weight is 459 g/mol. The molecule has 154 valence electrons. The van der Waals surface area contributed by atoms with Crippen molar-refractivity contribution in [3.63, 3.8) is 0 Å². The lowest BCUT2D eigenvalue weighted by molar-refractivity contribution is -0.150. The number of thiol groups is 1. The molecule has 0 spiro atoms. The third-order valence-corrected chi connectivity index (χ3v) is 6.30. The van der Waals surface area contributed by atoms with Crippen LogP contribution < -0.4 is 11.1 Å². The van der Waals surface area contributed by atoms with Gasteiger partial charge in [0, 0.05) is 16.0 Å². The maximum atomic E-state index is 12.7. The molecule has 29 heavy (non-hydrogen) atoms. The van der Waals surface area contributed by atoms with Crippen LogP contribution in [0.4, 0.5) is 5.13 Å². The summed E-state index contributed by atoms with van der Waals surface area (Å²) in [5, 5.41) is 24.8. The Kier molecular flexibility index (Phi) is 5.99. The number of amides is 2. The molecule has 2 amide bonds. The summed E-state index contributed by atoms with van der Waals surface area (Å²) in [6, 6.07) is -1.01. The maximum Gasteiger partial charge on any atom is 0.353 e. The lowest BCUT2D eigenvalue weighted by Gasteiger charge is -2.48. The van der Waals surface area contributed by atoms with Crippen LogP contribution in [0.15, 0.2) is 21.1 Å². The molecule has 3 heterocycles. The first-order valence-corrected chi connectivity index (χ1v) is 10.1. The number of nitrogens with zero attached hydrogens (tertiary/aromatic N) is 3. The van der Waals surface area contributed by atoms with E-state index in [1.807, 2.05) is 0 Å². The number of carboxylic acids is 2. The van der Waals surface area contributed by atoms with Gasteiger partial charge in [-0.3, -0.25) is 14.5 Å². The highest BCUT2D eigenvalue weighted by atomic mass is 32.2. The van der Waals surface area contributed by atoms with Crippen LogP contribution in [-0.4, -0.2) is 73.3 Å². The number of thioether (sulfide) groups is 1. The minimum atomic E-state index is -1.30. The number of β-lactam (4-membered cyclic amide) rings is 1. The number of fused-ring (bicyclic) bond motifs is 1. The van der Waals surface area contributed by atoms with Crippen LogP contribution in [0, 0.1) is 0 Å².